The molecule has 114 valence electrons. The van der Waals surface area contributed by atoms with Crippen molar-refractivity contribution >= 4 is 21.4 Å². The first-order valence-corrected chi connectivity index (χ1v) is 8.63. The Hall–Kier alpha value is -2.02. The van der Waals surface area contributed by atoms with Crippen molar-refractivity contribution in [3.63, 3.8) is 0 Å². The van der Waals surface area contributed by atoms with Crippen molar-refractivity contribution in [3.8, 4) is 0 Å². The van der Waals surface area contributed by atoms with Crippen molar-refractivity contribution < 1.29 is 8.42 Å². The minimum absolute atomic E-state index is 0.124. The maximum Gasteiger partial charge on any atom is 0.229 e. The molecule has 0 aliphatic carbocycles. The van der Waals surface area contributed by atoms with Crippen molar-refractivity contribution in [2.75, 3.05) is 16.3 Å². The molecule has 2 N–H and O–H groups in total. The third kappa shape index (κ3) is 4.49. The number of anilines is 2. The number of rotatable bonds is 6. The highest BCUT2D eigenvalue weighted by Crippen LogP contribution is 2.20. The first-order chi connectivity index (χ1) is 9.87. The zero-order valence-corrected chi connectivity index (χ0v) is 13.2. The molecule has 0 saturated carbocycles. The monoisotopic (exact) mass is 308 g/mol. The SMILES string of the molecule is CCn1cc(C(C)Nc2ccc(NS(C)(=O)=O)cc2)cn1. The predicted octanol–water partition coefficient (Wildman–Crippen LogP) is 2.45. The van der Waals surface area contributed by atoms with Gasteiger partial charge in [-0.2, -0.15) is 5.10 Å². The van der Waals surface area contributed by atoms with E-state index in [4.69, 9.17) is 0 Å². The molecule has 21 heavy (non-hydrogen) atoms. The molecule has 0 aliphatic heterocycles. The van der Waals surface area contributed by atoms with E-state index in [1.54, 1.807) is 12.1 Å². The lowest BCUT2D eigenvalue weighted by Gasteiger charge is -2.14. The van der Waals surface area contributed by atoms with Gasteiger partial charge in [-0.25, -0.2) is 8.42 Å². The van der Waals surface area contributed by atoms with E-state index in [1.807, 2.05) is 36.1 Å². The van der Waals surface area contributed by atoms with Gasteiger partial charge in [0, 0.05) is 29.7 Å². The van der Waals surface area contributed by atoms with Crippen LogP contribution < -0.4 is 10.0 Å². The van der Waals surface area contributed by atoms with Gasteiger partial charge in [0.2, 0.25) is 10.0 Å². The number of nitrogens with one attached hydrogen (secondary N) is 2. The number of aromatic nitrogens is 2. The van der Waals surface area contributed by atoms with Crippen LogP contribution in [0.2, 0.25) is 0 Å². The lowest BCUT2D eigenvalue weighted by atomic mass is 10.2. The van der Waals surface area contributed by atoms with Gasteiger partial charge in [0.25, 0.3) is 0 Å². The van der Waals surface area contributed by atoms with E-state index in [-0.39, 0.29) is 6.04 Å². The molecule has 0 bridgehead atoms. The molecule has 6 nitrogen and oxygen atoms in total. The van der Waals surface area contributed by atoms with Gasteiger partial charge < -0.3 is 5.32 Å². The summed E-state index contributed by atoms with van der Waals surface area (Å²) >= 11 is 0. The van der Waals surface area contributed by atoms with Crippen LogP contribution in [0.15, 0.2) is 36.7 Å². The molecule has 1 aromatic heterocycles. The van der Waals surface area contributed by atoms with Gasteiger partial charge in [0.05, 0.1) is 18.5 Å². The van der Waals surface area contributed by atoms with Gasteiger partial charge in [0.15, 0.2) is 0 Å². The Kier molecular flexibility index (Phi) is 4.52. The molecular weight excluding hydrogens is 288 g/mol. The van der Waals surface area contributed by atoms with Crippen LogP contribution >= 0.6 is 0 Å². The van der Waals surface area contributed by atoms with E-state index in [0.29, 0.717) is 5.69 Å². The van der Waals surface area contributed by atoms with Gasteiger partial charge in [-0.05, 0) is 38.1 Å². The zero-order valence-electron chi connectivity index (χ0n) is 12.4. The first-order valence-electron chi connectivity index (χ1n) is 6.74. The highest BCUT2D eigenvalue weighted by atomic mass is 32.2. The molecule has 1 unspecified atom stereocenters. The van der Waals surface area contributed by atoms with Crippen LogP contribution in [0.3, 0.4) is 0 Å². The van der Waals surface area contributed by atoms with E-state index in [2.05, 4.69) is 22.1 Å². The van der Waals surface area contributed by atoms with Crippen molar-refractivity contribution in [1.29, 1.82) is 0 Å². The normalized spacial score (nSPS) is 12.9. The summed E-state index contributed by atoms with van der Waals surface area (Å²) in [4.78, 5) is 0. The van der Waals surface area contributed by atoms with Crippen molar-refractivity contribution in [2.45, 2.75) is 26.4 Å². The van der Waals surface area contributed by atoms with Gasteiger partial charge in [0.1, 0.15) is 0 Å². The fourth-order valence-electron chi connectivity index (χ4n) is 1.96. The average Bonchev–Trinajstić information content (AvgIpc) is 2.88. The summed E-state index contributed by atoms with van der Waals surface area (Å²) in [7, 11) is -3.24. The van der Waals surface area contributed by atoms with Crippen LogP contribution in [0.5, 0.6) is 0 Å². The second-order valence-electron chi connectivity index (χ2n) is 4.95. The second-order valence-corrected chi connectivity index (χ2v) is 6.70. The van der Waals surface area contributed by atoms with E-state index >= 15 is 0 Å². The zero-order chi connectivity index (χ0) is 15.5. The fourth-order valence-corrected chi connectivity index (χ4v) is 2.52. The van der Waals surface area contributed by atoms with Crippen LogP contribution in [0.1, 0.15) is 25.5 Å². The number of hydrogen-bond donors (Lipinski definition) is 2. The van der Waals surface area contributed by atoms with Gasteiger partial charge >= 0.3 is 0 Å². The van der Waals surface area contributed by atoms with E-state index < -0.39 is 10.0 Å². The third-order valence-corrected chi connectivity index (χ3v) is 3.66. The highest BCUT2D eigenvalue weighted by Gasteiger charge is 2.08. The maximum atomic E-state index is 11.1. The molecular formula is C14H20N4O2S. The second kappa shape index (κ2) is 6.17. The topological polar surface area (TPSA) is 76.0 Å². The Labute approximate surface area is 125 Å². The Bertz CT molecular complexity index is 692. The van der Waals surface area contributed by atoms with Crippen LogP contribution in [0, 0.1) is 0 Å². The van der Waals surface area contributed by atoms with Crippen LogP contribution in [-0.2, 0) is 16.6 Å². The van der Waals surface area contributed by atoms with Gasteiger partial charge in [-0.1, -0.05) is 0 Å². The molecule has 7 heteroatoms. The molecule has 2 rings (SSSR count). The largest absolute Gasteiger partial charge is 0.378 e. The number of hydrogen-bond acceptors (Lipinski definition) is 4. The predicted molar refractivity (Wildman–Crippen MR) is 84.8 cm³/mol. The van der Waals surface area contributed by atoms with Crippen molar-refractivity contribution in [3.05, 3.63) is 42.2 Å². The Morgan fingerprint density at radius 3 is 2.38 bits per heavy atom. The van der Waals surface area contributed by atoms with Gasteiger partial charge in [-0.15, -0.1) is 0 Å². The summed E-state index contributed by atoms with van der Waals surface area (Å²) in [6, 6.07) is 7.26. The van der Waals surface area contributed by atoms with Crippen LogP contribution in [0.25, 0.3) is 0 Å². The molecule has 0 spiro atoms. The average molecular weight is 308 g/mol. The fraction of sp³-hybridized carbons (Fsp3) is 0.357. The molecule has 1 heterocycles. The molecule has 1 atom stereocenters. The minimum atomic E-state index is -3.24. The third-order valence-electron chi connectivity index (χ3n) is 3.05. The molecule has 0 radical (unpaired) electrons. The Morgan fingerprint density at radius 2 is 1.86 bits per heavy atom. The smallest absolute Gasteiger partial charge is 0.229 e. The van der Waals surface area contributed by atoms with E-state index in [9.17, 15) is 8.42 Å². The van der Waals surface area contributed by atoms with E-state index in [1.165, 1.54) is 0 Å². The van der Waals surface area contributed by atoms with Crippen molar-refractivity contribution in [1.82, 2.24) is 9.78 Å². The van der Waals surface area contributed by atoms with Gasteiger partial charge in [-0.3, -0.25) is 9.40 Å². The maximum absolute atomic E-state index is 11.1. The number of benzene rings is 1. The standard InChI is InChI=1S/C14H20N4O2S/c1-4-18-10-12(9-15-18)11(2)16-13-5-7-14(8-6-13)17-21(3,19)20/h5-11,16-17H,4H2,1-3H3. The Balaban J connectivity index is 2.02. The quantitative estimate of drug-likeness (QED) is 0.859. The molecule has 0 amide bonds. The van der Waals surface area contributed by atoms with Crippen LogP contribution in [0.4, 0.5) is 11.4 Å². The summed E-state index contributed by atoms with van der Waals surface area (Å²) in [5.41, 5.74) is 2.58. The minimum Gasteiger partial charge on any atom is -0.378 e. The summed E-state index contributed by atoms with van der Waals surface area (Å²) in [6.07, 6.45) is 4.99. The summed E-state index contributed by atoms with van der Waals surface area (Å²) in [5.74, 6) is 0. The number of nitrogens with zero attached hydrogens (tertiary/aromatic N) is 2. The highest BCUT2D eigenvalue weighted by molar-refractivity contribution is 7.92. The lowest BCUT2D eigenvalue weighted by Crippen LogP contribution is -2.10. The summed E-state index contributed by atoms with van der Waals surface area (Å²) in [5, 5.41) is 7.61. The lowest BCUT2D eigenvalue weighted by molar-refractivity contribution is 0.607. The molecule has 0 saturated heterocycles. The first kappa shape index (κ1) is 15.4. The Morgan fingerprint density at radius 1 is 1.24 bits per heavy atom. The molecule has 1 aromatic carbocycles. The van der Waals surface area contributed by atoms with E-state index in [0.717, 1.165) is 24.1 Å². The molecule has 0 fully saturated rings. The molecule has 2 aromatic rings. The summed E-state index contributed by atoms with van der Waals surface area (Å²) < 4.78 is 26.6. The molecule has 0 aliphatic rings. The number of aryl methyl sites for hydroxylation is 1. The van der Waals surface area contributed by atoms with Crippen LogP contribution in [-0.4, -0.2) is 24.5 Å². The van der Waals surface area contributed by atoms with Crippen molar-refractivity contribution in [2.24, 2.45) is 0 Å². The number of sulfonamides is 1. The summed E-state index contributed by atoms with van der Waals surface area (Å²) in [6.45, 7) is 4.95.